The standard InChI is InChI=1S/C23H28N2O5S/c1-3-30-23(27)20-9-10-21(17(2)15-20)24-22(26)19-11-13-25(14-12-19)31(28,29)16-18-7-5-4-6-8-18/h4-10,15,19H,3,11-14,16H2,1-2H3,(H,24,26). The summed E-state index contributed by atoms with van der Waals surface area (Å²) in [6.07, 6.45) is 0.944. The van der Waals surface area contributed by atoms with Crippen molar-refractivity contribution in [1.29, 1.82) is 0 Å². The van der Waals surface area contributed by atoms with Gasteiger partial charge in [0.1, 0.15) is 0 Å². The van der Waals surface area contributed by atoms with Gasteiger partial charge in [0.15, 0.2) is 0 Å². The molecule has 0 atom stereocenters. The van der Waals surface area contributed by atoms with Crippen LogP contribution in [-0.4, -0.2) is 44.3 Å². The van der Waals surface area contributed by atoms with E-state index in [9.17, 15) is 18.0 Å². The number of nitrogens with zero attached hydrogens (tertiary/aromatic N) is 1. The lowest BCUT2D eigenvalue weighted by atomic mass is 9.97. The topological polar surface area (TPSA) is 92.8 Å². The molecule has 1 amide bonds. The third-order valence-corrected chi connectivity index (χ3v) is 7.26. The van der Waals surface area contributed by atoms with E-state index < -0.39 is 16.0 Å². The summed E-state index contributed by atoms with van der Waals surface area (Å²) in [6, 6.07) is 14.1. The van der Waals surface area contributed by atoms with Crippen molar-refractivity contribution < 1.29 is 22.7 Å². The minimum atomic E-state index is -3.41. The summed E-state index contributed by atoms with van der Waals surface area (Å²) in [6.45, 7) is 4.52. The predicted molar refractivity (Wildman–Crippen MR) is 119 cm³/mol. The predicted octanol–water partition coefficient (Wildman–Crippen LogP) is 3.35. The van der Waals surface area contributed by atoms with Crippen molar-refractivity contribution in [2.45, 2.75) is 32.4 Å². The van der Waals surface area contributed by atoms with Crippen LogP contribution in [-0.2, 0) is 25.3 Å². The molecule has 0 radical (unpaired) electrons. The molecule has 166 valence electrons. The molecule has 1 aliphatic heterocycles. The molecular weight excluding hydrogens is 416 g/mol. The van der Waals surface area contributed by atoms with E-state index in [1.807, 2.05) is 25.1 Å². The van der Waals surface area contributed by atoms with Crippen LogP contribution in [0.25, 0.3) is 0 Å². The lowest BCUT2D eigenvalue weighted by Gasteiger charge is -2.30. The van der Waals surface area contributed by atoms with Crippen molar-refractivity contribution in [2.24, 2.45) is 5.92 Å². The van der Waals surface area contributed by atoms with E-state index in [2.05, 4.69) is 5.32 Å². The van der Waals surface area contributed by atoms with Gasteiger partial charge in [-0.15, -0.1) is 0 Å². The fraction of sp³-hybridized carbons (Fsp3) is 0.391. The van der Waals surface area contributed by atoms with Crippen molar-refractivity contribution in [2.75, 3.05) is 25.0 Å². The first-order chi connectivity index (χ1) is 14.8. The van der Waals surface area contributed by atoms with Gasteiger partial charge in [0, 0.05) is 24.7 Å². The molecule has 2 aromatic rings. The van der Waals surface area contributed by atoms with Gasteiger partial charge in [-0.2, -0.15) is 0 Å². The van der Waals surface area contributed by atoms with Crippen LogP contribution in [0, 0.1) is 12.8 Å². The van der Waals surface area contributed by atoms with Gasteiger partial charge in [-0.3, -0.25) is 4.79 Å². The SMILES string of the molecule is CCOC(=O)c1ccc(NC(=O)C2CCN(S(=O)(=O)Cc3ccccc3)CC2)c(C)c1. The van der Waals surface area contributed by atoms with E-state index in [1.165, 1.54) is 4.31 Å². The average molecular weight is 445 g/mol. The fourth-order valence-electron chi connectivity index (χ4n) is 3.65. The van der Waals surface area contributed by atoms with Crippen molar-refractivity contribution in [1.82, 2.24) is 4.31 Å². The number of piperidine rings is 1. The molecule has 1 saturated heterocycles. The largest absolute Gasteiger partial charge is 0.462 e. The lowest BCUT2D eigenvalue weighted by molar-refractivity contribution is -0.120. The molecule has 8 heteroatoms. The number of sulfonamides is 1. The number of amides is 1. The molecule has 0 saturated carbocycles. The highest BCUT2D eigenvalue weighted by molar-refractivity contribution is 7.88. The first-order valence-electron chi connectivity index (χ1n) is 10.4. The summed E-state index contributed by atoms with van der Waals surface area (Å²) in [5.41, 5.74) is 2.59. The molecule has 0 aliphatic carbocycles. The Balaban J connectivity index is 1.56. The second-order valence-electron chi connectivity index (χ2n) is 7.65. The number of hydrogen-bond acceptors (Lipinski definition) is 5. The highest BCUT2D eigenvalue weighted by Gasteiger charge is 2.31. The van der Waals surface area contributed by atoms with Crippen molar-refractivity contribution in [3.63, 3.8) is 0 Å². The minimum absolute atomic E-state index is 0.0310. The summed E-state index contributed by atoms with van der Waals surface area (Å²) in [7, 11) is -3.41. The van der Waals surface area contributed by atoms with Crippen LogP contribution < -0.4 is 5.32 Å². The fourth-order valence-corrected chi connectivity index (χ4v) is 5.22. The van der Waals surface area contributed by atoms with Gasteiger partial charge < -0.3 is 10.1 Å². The van der Waals surface area contributed by atoms with Crippen molar-refractivity contribution in [3.05, 3.63) is 65.2 Å². The second-order valence-corrected chi connectivity index (χ2v) is 9.62. The van der Waals surface area contributed by atoms with Gasteiger partial charge in [-0.1, -0.05) is 30.3 Å². The summed E-state index contributed by atoms with van der Waals surface area (Å²) in [5.74, 6) is -0.816. The smallest absolute Gasteiger partial charge is 0.338 e. The summed E-state index contributed by atoms with van der Waals surface area (Å²) < 4.78 is 31.8. The van der Waals surface area contributed by atoms with Gasteiger partial charge in [0.2, 0.25) is 15.9 Å². The number of nitrogens with one attached hydrogen (secondary N) is 1. The maximum Gasteiger partial charge on any atom is 0.338 e. The Bertz CT molecular complexity index is 1030. The Labute approximate surface area is 183 Å². The zero-order valence-electron chi connectivity index (χ0n) is 17.8. The zero-order valence-corrected chi connectivity index (χ0v) is 18.7. The molecular formula is C23H28N2O5S. The van der Waals surface area contributed by atoms with Crippen LogP contribution >= 0.6 is 0 Å². The third kappa shape index (κ3) is 5.92. The molecule has 3 rings (SSSR count). The Hall–Kier alpha value is -2.71. The number of benzene rings is 2. The molecule has 1 heterocycles. The Kier molecular flexibility index (Phi) is 7.46. The number of rotatable bonds is 7. The van der Waals surface area contributed by atoms with Crippen molar-refractivity contribution >= 4 is 27.6 Å². The zero-order chi connectivity index (χ0) is 22.4. The van der Waals surface area contributed by atoms with Gasteiger partial charge in [0.25, 0.3) is 0 Å². The van der Waals surface area contributed by atoms with E-state index in [1.54, 1.807) is 37.3 Å². The van der Waals surface area contributed by atoms with E-state index in [-0.39, 0.29) is 17.6 Å². The summed E-state index contributed by atoms with van der Waals surface area (Å²) in [4.78, 5) is 24.6. The monoisotopic (exact) mass is 444 g/mol. The molecule has 1 aliphatic rings. The number of carbonyl (C=O) groups is 2. The number of ether oxygens (including phenoxy) is 1. The highest BCUT2D eigenvalue weighted by atomic mass is 32.2. The van der Waals surface area contributed by atoms with Crippen LogP contribution in [0.3, 0.4) is 0 Å². The number of esters is 1. The van der Waals surface area contributed by atoms with Crippen LogP contribution in [0.1, 0.15) is 41.3 Å². The van der Waals surface area contributed by atoms with Gasteiger partial charge >= 0.3 is 5.97 Å². The molecule has 0 unspecified atom stereocenters. The van der Waals surface area contributed by atoms with Crippen molar-refractivity contribution in [3.8, 4) is 0 Å². The molecule has 31 heavy (non-hydrogen) atoms. The van der Waals surface area contributed by atoms with E-state index in [0.29, 0.717) is 43.8 Å². The van der Waals surface area contributed by atoms with Gasteiger partial charge in [0.05, 0.1) is 17.9 Å². The van der Waals surface area contributed by atoms with Gasteiger partial charge in [-0.05, 0) is 56.0 Å². The molecule has 1 fully saturated rings. The third-order valence-electron chi connectivity index (χ3n) is 5.41. The number of anilines is 1. The summed E-state index contributed by atoms with van der Waals surface area (Å²) in [5, 5.41) is 2.91. The Morgan fingerprint density at radius 2 is 1.77 bits per heavy atom. The lowest BCUT2D eigenvalue weighted by Crippen LogP contribution is -2.41. The van der Waals surface area contributed by atoms with Gasteiger partial charge in [-0.25, -0.2) is 17.5 Å². The second kappa shape index (κ2) is 10.1. The van der Waals surface area contributed by atoms with E-state index in [0.717, 1.165) is 11.1 Å². The Morgan fingerprint density at radius 1 is 1.10 bits per heavy atom. The average Bonchev–Trinajstić information content (AvgIpc) is 2.75. The van der Waals surface area contributed by atoms with Crippen LogP contribution in [0.4, 0.5) is 5.69 Å². The Morgan fingerprint density at radius 3 is 2.39 bits per heavy atom. The molecule has 7 nitrogen and oxygen atoms in total. The molecule has 0 aromatic heterocycles. The van der Waals surface area contributed by atoms with Crippen LogP contribution in [0.15, 0.2) is 48.5 Å². The minimum Gasteiger partial charge on any atom is -0.462 e. The summed E-state index contributed by atoms with van der Waals surface area (Å²) >= 11 is 0. The quantitative estimate of drug-likeness (QED) is 0.661. The van der Waals surface area contributed by atoms with Crippen LogP contribution in [0.5, 0.6) is 0 Å². The molecule has 0 spiro atoms. The molecule has 2 aromatic carbocycles. The number of aryl methyl sites for hydroxylation is 1. The van der Waals surface area contributed by atoms with E-state index >= 15 is 0 Å². The first kappa shape index (κ1) is 23.0. The first-order valence-corrected chi connectivity index (χ1v) is 12.0. The molecule has 1 N–H and O–H groups in total. The maximum atomic E-state index is 12.7. The number of hydrogen-bond donors (Lipinski definition) is 1. The molecule has 0 bridgehead atoms. The van der Waals surface area contributed by atoms with E-state index in [4.69, 9.17) is 4.74 Å². The maximum absolute atomic E-state index is 12.7. The normalized spacial score (nSPS) is 15.4. The number of carbonyl (C=O) groups excluding carboxylic acids is 2. The highest BCUT2D eigenvalue weighted by Crippen LogP contribution is 2.24. The van der Waals surface area contributed by atoms with Crippen LogP contribution in [0.2, 0.25) is 0 Å².